The van der Waals surface area contributed by atoms with Crippen molar-refractivity contribution in [2.75, 3.05) is 25.9 Å². The minimum atomic E-state index is -4.04. The van der Waals surface area contributed by atoms with Crippen LogP contribution in [0, 0.1) is 0 Å². The van der Waals surface area contributed by atoms with Gasteiger partial charge in [0, 0.05) is 6.42 Å². The SMILES string of the molecule is CSC1(C(N)=S)CCN(CCCC(F)(F)F)CC1. The molecule has 7 heteroatoms. The minimum absolute atomic E-state index is 0.157. The summed E-state index contributed by atoms with van der Waals surface area (Å²) in [6, 6.07) is 0. The van der Waals surface area contributed by atoms with E-state index in [9.17, 15) is 13.2 Å². The molecular formula is C11H19F3N2S2. The lowest BCUT2D eigenvalue weighted by atomic mass is 9.95. The molecule has 1 heterocycles. The van der Waals surface area contributed by atoms with Crippen LogP contribution in [0.1, 0.15) is 25.7 Å². The van der Waals surface area contributed by atoms with Crippen molar-refractivity contribution in [2.24, 2.45) is 5.73 Å². The fraction of sp³-hybridized carbons (Fsp3) is 0.909. The highest BCUT2D eigenvalue weighted by Crippen LogP contribution is 2.35. The highest BCUT2D eigenvalue weighted by molar-refractivity contribution is 8.02. The Morgan fingerprint density at radius 2 is 1.94 bits per heavy atom. The van der Waals surface area contributed by atoms with Gasteiger partial charge < -0.3 is 10.6 Å². The lowest BCUT2D eigenvalue weighted by Gasteiger charge is -2.40. The van der Waals surface area contributed by atoms with Crippen LogP contribution in [0.15, 0.2) is 0 Å². The van der Waals surface area contributed by atoms with Crippen molar-refractivity contribution in [1.82, 2.24) is 4.90 Å². The van der Waals surface area contributed by atoms with E-state index < -0.39 is 12.6 Å². The number of thioether (sulfide) groups is 1. The smallest absolute Gasteiger partial charge is 0.389 e. The predicted octanol–water partition coefficient (Wildman–Crippen LogP) is 2.81. The van der Waals surface area contributed by atoms with E-state index in [4.69, 9.17) is 18.0 Å². The topological polar surface area (TPSA) is 29.3 Å². The normalized spacial score (nSPS) is 20.9. The van der Waals surface area contributed by atoms with Crippen molar-refractivity contribution in [3.05, 3.63) is 0 Å². The maximum Gasteiger partial charge on any atom is 0.389 e. The van der Waals surface area contributed by atoms with Gasteiger partial charge in [0.05, 0.1) is 9.74 Å². The molecular weight excluding hydrogens is 281 g/mol. The molecule has 2 N–H and O–H groups in total. The molecule has 0 spiro atoms. The number of likely N-dealkylation sites (tertiary alicyclic amines) is 1. The van der Waals surface area contributed by atoms with Gasteiger partial charge in [-0.15, -0.1) is 0 Å². The van der Waals surface area contributed by atoms with Gasteiger partial charge in [0.1, 0.15) is 0 Å². The summed E-state index contributed by atoms with van der Waals surface area (Å²) < 4.78 is 36.0. The van der Waals surface area contributed by atoms with Crippen LogP contribution >= 0.6 is 24.0 Å². The first-order valence-electron chi connectivity index (χ1n) is 5.93. The second-order valence-corrected chi connectivity index (χ2v) is 6.25. The van der Waals surface area contributed by atoms with Crippen LogP contribution in [0.4, 0.5) is 13.2 Å². The molecule has 0 saturated carbocycles. The number of thiocarbonyl (C=S) groups is 1. The zero-order valence-corrected chi connectivity index (χ0v) is 12.1. The third-order valence-electron chi connectivity index (χ3n) is 3.44. The highest BCUT2D eigenvalue weighted by atomic mass is 32.2. The van der Waals surface area contributed by atoms with Crippen molar-refractivity contribution in [3.63, 3.8) is 0 Å². The Bertz CT molecular complexity index is 287. The Hall–Kier alpha value is -0.0100. The third-order valence-corrected chi connectivity index (χ3v) is 5.37. The summed E-state index contributed by atoms with van der Waals surface area (Å²) in [6.45, 7) is 2.05. The van der Waals surface area contributed by atoms with Crippen LogP contribution < -0.4 is 5.73 Å². The fourth-order valence-electron chi connectivity index (χ4n) is 2.19. The van der Waals surface area contributed by atoms with Crippen LogP contribution in [0.2, 0.25) is 0 Å². The largest absolute Gasteiger partial charge is 0.392 e. The lowest BCUT2D eigenvalue weighted by molar-refractivity contribution is -0.136. The molecule has 106 valence electrons. The Balaban J connectivity index is 2.33. The summed E-state index contributed by atoms with van der Waals surface area (Å²) in [4.78, 5) is 2.59. The average molecular weight is 300 g/mol. The van der Waals surface area contributed by atoms with Gasteiger partial charge >= 0.3 is 6.18 Å². The van der Waals surface area contributed by atoms with Gasteiger partial charge in [-0.1, -0.05) is 12.2 Å². The molecule has 0 aromatic carbocycles. The number of hydrogen-bond acceptors (Lipinski definition) is 3. The van der Waals surface area contributed by atoms with Gasteiger partial charge in [-0.3, -0.25) is 0 Å². The number of piperidine rings is 1. The molecule has 0 aromatic rings. The monoisotopic (exact) mass is 300 g/mol. The number of alkyl halides is 3. The molecule has 1 aliphatic heterocycles. The molecule has 0 radical (unpaired) electrons. The number of nitrogens with two attached hydrogens (primary N) is 1. The quantitative estimate of drug-likeness (QED) is 0.791. The number of nitrogens with zero attached hydrogens (tertiary/aromatic N) is 1. The molecule has 2 nitrogen and oxygen atoms in total. The van der Waals surface area contributed by atoms with Gasteiger partial charge in [-0.2, -0.15) is 24.9 Å². The fourth-order valence-corrected chi connectivity index (χ4v) is 3.44. The van der Waals surface area contributed by atoms with Gasteiger partial charge in [0.2, 0.25) is 0 Å². The second-order valence-electron chi connectivity index (χ2n) is 4.62. The van der Waals surface area contributed by atoms with Gasteiger partial charge in [0.15, 0.2) is 0 Å². The van der Waals surface area contributed by atoms with E-state index in [1.54, 1.807) is 11.8 Å². The zero-order chi connectivity index (χ0) is 13.8. The summed E-state index contributed by atoms with van der Waals surface area (Å²) in [5.41, 5.74) is 5.76. The first-order valence-corrected chi connectivity index (χ1v) is 7.56. The number of halogens is 3. The maximum absolute atomic E-state index is 12.0. The van der Waals surface area contributed by atoms with Crippen molar-refractivity contribution in [3.8, 4) is 0 Å². The lowest BCUT2D eigenvalue weighted by Crippen LogP contribution is -2.49. The predicted molar refractivity (Wildman–Crippen MR) is 74.0 cm³/mol. The summed E-state index contributed by atoms with van der Waals surface area (Å²) in [5.74, 6) is 0. The van der Waals surface area contributed by atoms with E-state index in [-0.39, 0.29) is 11.2 Å². The summed E-state index contributed by atoms with van der Waals surface area (Å²) in [5, 5.41) is 0. The van der Waals surface area contributed by atoms with E-state index in [2.05, 4.69) is 4.90 Å². The molecule has 1 aliphatic rings. The molecule has 0 unspecified atom stereocenters. The Labute approximate surface area is 115 Å². The van der Waals surface area contributed by atoms with Crippen LogP contribution in [0.5, 0.6) is 0 Å². The standard InChI is InChI=1S/C11H19F3N2S2/c1-18-10(9(15)17)4-7-16(8-5-10)6-2-3-11(12,13)14/h2-8H2,1H3,(H2,15,17). The zero-order valence-electron chi connectivity index (χ0n) is 10.4. The molecule has 18 heavy (non-hydrogen) atoms. The summed E-state index contributed by atoms with van der Waals surface area (Å²) in [7, 11) is 0. The van der Waals surface area contributed by atoms with Crippen LogP contribution in [0.3, 0.4) is 0 Å². The van der Waals surface area contributed by atoms with Crippen LogP contribution in [0.25, 0.3) is 0 Å². The third kappa shape index (κ3) is 4.59. The Kier molecular flexibility index (Phi) is 5.73. The Morgan fingerprint density at radius 1 is 1.39 bits per heavy atom. The van der Waals surface area contributed by atoms with E-state index in [1.165, 1.54) is 0 Å². The van der Waals surface area contributed by atoms with E-state index >= 15 is 0 Å². The molecule has 0 atom stereocenters. The molecule has 0 aliphatic carbocycles. The molecule has 1 rings (SSSR count). The summed E-state index contributed by atoms with van der Waals surface area (Å²) >= 11 is 6.75. The van der Waals surface area contributed by atoms with E-state index in [0.717, 1.165) is 25.9 Å². The average Bonchev–Trinajstić information content (AvgIpc) is 2.28. The van der Waals surface area contributed by atoms with Crippen molar-refractivity contribution >= 4 is 29.0 Å². The van der Waals surface area contributed by atoms with Crippen LogP contribution in [-0.4, -0.2) is 46.7 Å². The summed E-state index contributed by atoms with van der Waals surface area (Å²) in [6.07, 6.45) is -0.934. The first kappa shape index (κ1) is 16.0. The van der Waals surface area contributed by atoms with Gasteiger partial charge in [-0.05, 0) is 45.2 Å². The molecule has 0 aromatic heterocycles. The first-order chi connectivity index (χ1) is 8.29. The van der Waals surface area contributed by atoms with Gasteiger partial charge in [-0.25, -0.2) is 0 Å². The number of rotatable bonds is 5. The molecule has 0 amide bonds. The van der Waals surface area contributed by atoms with Crippen LogP contribution in [-0.2, 0) is 0 Å². The maximum atomic E-state index is 12.0. The minimum Gasteiger partial charge on any atom is -0.392 e. The molecule has 1 saturated heterocycles. The van der Waals surface area contributed by atoms with Crippen molar-refractivity contribution in [2.45, 2.75) is 36.6 Å². The van der Waals surface area contributed by atoms with E-state index in [1.807, 2.05) is 6.26 Å². The highest BCUT2D eigenvalue weighted by Gasteiger charge is 2.36. The van der Waals surface area contributed by atoms with Crippen molar-refractivity contribution in [1.29, 1.82) is 0 Å². The second kappa shape index (κ2) is 6.43. The van der Waals surface area contributed by atoms with E-state index in [0.29, 0.717) is 11.5 Å². The molecule has 1 fully saturated rings. The van der Waals surface area contributed by atoms with Gasteiger partial charge in [0.25, 0.3) is 0 Å². The van der Waals surface area contributed by atoms with Crippen molar-refractivity contribution < 1.29 is 13.2 Å². The number of hydrogen-bond donors (Lipinski definition) is 1. The Morgan fingerprint density at radius 3 is 2.33 bits per heavy atom. The molecule has 0 bridgehead atoms.